The molecule has 1 heterocycles. The molecule has 3 aromatic carbocycles. The summed E-state index contributed by atoms with van der Waals surface area (Å²) in [5.41, 5.74) is 7.99. The zero-order valence-corrected chi connectivity index (χ0v) is 26.2. The monoisotopic (exact) mass is 633 g/mol. The molecule has 0 aliphatic heterocycles. The normalized spacial score (nSPS) is 11.9. The van der Waals surface area contributed by atoms with Crippen molar-refractivity contribution in [2.75, 3.05) is 6.61 Å². The van der Waals surface area contributed by atoms with Crippen LogP contribution in [-0.2, 0) is 23.9 Å². The Labute approximate surface area is 259 Å². The lowest BCUT2D eigenvalue weighted by molar-refractivity contribution is -0.137. The smallest absolute Gasteiger partial charge is 0.416 e. The third kappa shape index (κ3) is 11.0. The number of hydrogen-bond acceptors (Lipinski definition) is 7. The molecule has 4 aromatic rings. The first kappa shape index (κ1) is 35.3. The quantitative estimate of drug-likeness (QED) is 0.0829. The van der Waals surface area contributed by atoms with Crippen molar-refractivity contribution in [2.45, 2.75) is 52.9 Å². The van der Waals surface area contributed by atoms with Gasteiger partial charge < -0.3 is 25.8 Å². The first-order valence-corrected chi connectivity index (χ1v) is 15.0. The van der Waals surface area contributed by atoms with E-state index in [-0.39, 0.29) is 25.3 Å². The van der Waals surface area contributed by atoms with Crippen molar-refractivity contribution in [3.8, 4) is 5.75 Å². The lowest BCUT2D eigenvalue weighted by Gasteiger charge is -2.26. The standard InChI is InChI=1S/C27H26F3N5O2S2.2C2H6/c28-27(29,30)19-8-6-18(7-9-19)14-33-25(36)23(12-17-4-2-1-3-5-17)35(32)15-20(31)16-37-21-10-11-22-24(13-21)39-26(38)34-22;2*1-2/h1-11,13,15,23H,12,14,16,31-32H2,(H,33,36)(H,34,38);2*1-2H3/b20-15-;;. The minimum absolute atomic E-state index is 0.0280. The van der Waals surface area contributed by atoms with Crippen LogP contribution < -0.4 is 21.6 Å². The molecule has 4 rings (SSSR count). The van der Waals surface area contributed by atoms with E-state index in [1.165, 1.54) is 34.7 Å². The Morgan fingerprint density at radius 2 is 1.70 bits per heavy atom. The van der Waals surface area contributed by atoms with Crippen LogP contribution in [0.25, 0.3) is 10.2 Å². The molecule has 0 spiro atoms. The number of aromatic nitrogens is 1. The van der Waals surface area contributed by atoms with Gasteiger partial charge in [-0.1, -0.05) is 70.2 Å². The number of nitrogens with one attached hydrogen (secondary N) is 2. The number of nitrogens with two attached hydrogens (primary N) is 2. The average Bonchev–Trinajstić information content (AvgIpc) is 3.39. The van der Waals surface area contributed by atoms with Gasteiger partial charge in [-0.25, -0.2) is 5.84 Å². The van der Waals surface area contributed by atoms with Gasteiger partial charge in [-0.05, 0) is 53.7 Å². The van der Waals surface area contributed by atoms with Crippen molar-refractivity contribution in [1.29, 1.82) is 0 Å². The second kappa shape index (κ2) is 17.3. The first-order chi connectivity index (χ1) is 20.6. The van der Waals surface area contributed by atoms with Crippen LogP contribution in [0.1, 0.15) is 44.4 Å². The van der Waals surface area contributed by atoms with E-state index in [2.05, 4.69) is 10.3 Å². The molecule has 232 valence electrons. The van der Waals surface area contributed by atoms with Crippen molar-refractivity contribution < 1.29 is 22.7 Å². The van der Waals surface area contributed by atoms with Crippen molar-refractivity contribution in [3.05, 3.63) is 105 Å². The number of nitrogens with zero attached hydrogens (tertiary/aromatic N) is 1. The van der Waals surface area contributed by atoms with Gasteiger partial charge in [0.25, 0.3) is 0 Å². The summed E-state index contributed by atoms with van der Waals surface area (Å²) in [7, 11) is 0. The van der Waals surface area contributed by atoms with E-state index in [0.717, 1.165) is 27.9 Å². The van der Waals surface area contributed by atoms with Gasteiger partial charge in [-0.2, -0.15) is 13.2 Å². The zero-order chi connectivity index (χ0) is 32.0. The number of benzene rings is 3. The molecule has 0 saturated heterocycles. The van der Waals surface area contributed by atoms with Crippen LogP contribution in [-0.4, -0.2) is 28.5 Å². The topological polar surface area (TPSA) is 109 Å². The Balaban J connectivity index is 0.00000155. The molecule has 0 aliphatic carbocycles. The Kier molecular flexibility index (Phi) is 14.2. The molecule has 1 atom stereocenters. The van der Waals surface area contributed by atoms with E-state index in [4.69, 9.17) is 28.5 Å². The van der Waals surface area contributed by atoms with Gasteiger partial charge in [-0.15, -0.1) is 11.3 Å². The number of H-pyrrole nitrogens is 1. The predicted octanol–water partition coefficient (Wildman–Crippen LogP) is 7.31. The lowest BCUT2D eigenvalue weighted by atomic mass is 10.0. The number of hydrogen-bond donors (Lipinski definition) is 4. The third-order valence-corrected chi connectivity index (χ3v) is 6.99. The van der Waals surface area contributed by atoms with Crippen LogP contribution in [0.2, 0.25) is 0 Å². The van der Waals surface area contributed by atoms with Gasteiger partial charge in [0.1, 0.15) is 18.4 Å². The largest absolute Gasteiger partial charge is 0.487 e. The van der Waals surface area contributed by atoms with Gasteiger partial charge in [0.05, 0.1) is 21.5 Å². The van der Waals surface area contributed by atoms with Gasteiger partial charge in [0, 0.05) is 19.2 Å². The summed E-state index contributed by atoms with van der Waals surface area (Å²) in [5, 5.41) is 3.97. The molecule has 6 N–H and O–H groups in total. The molecule has 0 aliphatic rings. The van der Waals surface area contributed by atoms with Crippen LogP contribution in [0.3, 0.4) is 0 Å². The Morgan fingerprint density at radius 3 is 2.33 bits per heavy atom. The molecule has 0 fully saturated rings. The first-order valence-electron chi connectivity index (χ1n) is 13.8. The number of alkyl halides is 3. The summed E-state index contributed by atoms with van der Waals surface area (Å²) >= 11 is 6.60. The summed E-state index contributed by atoms with van der Waals surface area (Å²) in [5.74, 6) is 6.46. The molecule has 1 amide bonds. The van der Waals surface area contributed by atoms with Crippen LogP contribution >= 0.6 is 23.6 Å². The van der Waals surface area contributed by atoms with Crippen LogP contribution in [0, 0.1) is 3.95 Å². The van der Waals surface area contributed by atoms with Gasteiger partial charge >= 0.3 is 6.18 Å². The predicted molar refractivity (Wildman–Crippen MR) is 171 cm³/mol. The minimum Gasteiger partial charge on any atom is -0.487 e. The molecule has 12 heteroatoms. The molecule has 0 radical (unpaired) electrons. The van der Waals surface area contributed by atoms with Crippen LogP contribution in [0.15, 0.2) is 84.7 Å². The molecule has 43 heavy (non-hydrogen) atoms. The average molecular weight is 634 g/mol. The minimum atomic E-state index is -4.43. The SMILES string of the molecule is CC.CC.N/C(=C\N(N)C(Cc1ccccc1)C(=O)NCc1ccc(C(F)(F)F)cc1)COc1ccc2[nH]c(=S)sc2c1. The van der Waals surface area contributed by atoms with Crippen molar-refractivity contribution >= 4 is 39.7 Å². The van der Waals surface area contributed by atoms with Gasteiger partial charge in [0.15, 0.2) is 3.95 Å². The number of rotatable bonds is 10. The second-order valence-corrected chi connectivity index (χ2v) is 10.4. The number of hydrazine groups is 1. The summed E-state index contributed by atoms with van der Waals surface area (Å²) in [6.07, 6.45) is -2.72. The number of halogens is 3. The lowest BCUT2D eigenvalue weighted by Crippen LogP contribution is -2.49. The van der Waals surface area contributed by atoms with E-state index < -0.39 is 23.7 Å². The van der Waals surface area contributed by atoms with E-state index >= 15 is 0 Å². The second-order valence-electron chi connectivity index (χ2n) is 8.73. The van der Waals surface area contributed by atoms with E-state index in [1.807, 2.05) is 70.2 Å². The number of ether oxygens (including phenoxy) is 1. The van der Waals surface area contributed by atoms with Gasteiger partial charge in [0.2, 0.25) is 5.91 Å². The number of amides is 1. The van der Waals surface area contributed by atoms with E-state index in [9.17, 15) is 18.0 Å². The molecular weight excluding hydrogens is 596 g/mol. The fourth-order valence-corrected chi connectivity index (χ4v) is 4.93. The molecular formula is C31H38F3N5O2S2. The molecule has 7 nitrogen and oxygen atoms in total. The Bertz CT molecular complexity index is 1500. The number of carbonyl (C=O) groups is 1. The van der Waals surface area contributed by atoms with Crippen LogP contribution in [0.5, 0.6) is 5.75 Å². The highest BCUT2D eigenvalue weighted by Crippen LogP contribution is 2.29. The molecule has 1 aromatic heterocycles. The summed E-state index contributed by atoms with van der Waals surface area (Å²) < 4.78 is 45.9. The van der Waals surface area contributed by atoms with Crippen LogP contribution in [0.4, 0.5) is 13.2 Å². The molecule has 0 bridgehead atoms. The number of thiazole rings is 1. The highest BCUT2D eigenvalue weighted by molar-refractivity contribution is 7.73. The summed E-state index contributed by atoms with van der Waals surface area (Å²) in [6, 6.07) is 18.6. The number of aromatic amines is 1. The van der Waals surface area contributed by atoms with E-state index in [0.29, 0.717) is 15.3 Å². The highest BCUT2D eigenvalue weighted by Gasteiger charge is 2.30. The fraction of sp³-hybridized carbons (Fsp3) is 0.290. The molecule has 0 saturated carbocycles. The molecule has 1 unspecified atom stereocenters. The fourth-order valence-electron chi connectivity index (χ4n) is 3.79. The Morgan fingerprint density at radius 1 is 1.05 bits per heavy atom. The highest BCUT2D eigenvalue weighted by atomic mass is 32.1. The summed E-state index contributed by atoms with van der Waals surface area (Å²) in [6.45, 7) is 8.06. The zero-order valence-electron chi connectivity index (χ0n) is 24.6. The maximum atomic E-state index is 13.2. The number of carbonyl (C=O) groups excluding carboxylic acids is 1. The van der Waals surface area contributed by atoms with Crippen molar-refractivity contribution in [3.63, 3.8) is 0 Å². The summed E-state index contributed by atoms with van der Waals surface area (Å²) in [4.78, 5) is 16.2. The number of fused-ring (bicyclic) bond motifs is 1. The van der Waals surface area contributed by atoms with Gasteiger partial charge in [-0.3, -0.25) is 4.79 Å². The Hall–Kier alpha value is -3.87. The van der Waals surface area contributed by atoms with Crippen molar-refractivity contribution in [1.82, 2.24) is 15.3 Å². The third-order valence-electron chi connectivity index (χ3n) is 5.80. The maximum absolute atomic E-state index is 13.2. The van der Waals surface area contributed by atoms with E-state index in [1.54, 1.807) is 6.07 Å². The maximum Gasteiger partial charge on any atom is 0.416 e. The van der Waals surface area contributed by atoms with Crippen molar-refractivity contribution in [2.24, 2.45) is 11.6 Å².